The van der Waals surface area contributed by atoms with Crippen molar-refractivity contribution >= 4 is 22.6 Å². The zero-order valence-corrected chi connectivity index (χ0v) is 13.5. The minimum atomic E-state index is -0.379. The molecule has 23 heavy (non-hydrogen) atoms. The van der Waals surface area contributed by atoms with E-state index in [1.165, 1.54) is 6.07 Å². The summed E-state index contributed by atoms with van der Waals surface area (Å²) < 4.78 is 5.20. The molecule has 0 radical (unpaired) electrons. The van der Waals surface area contributed by atoms with Crippen LogP contribution in [0.2, 0.25) is 0 Å². The van der Waals surface area contributed by atoms with Gasteiger partial charge >= 0.3 is 5.63 Å². The standard InChI is InChI=1S/C17H21N3O3/c1-12-9-17(22)23-15-10-13(3-4-14(12)15)18-16(21)11-20-7-5-19(2)6-8-20/h3-4,9-10H,5-8,11H2,1-2H3,(H,18,21). The van der Waals surface area contributed by atoms with Crippen LogP contribution in [0.5, 0.6) is 0 Å². The van der Waals surface area contributed by atoms with Gasteiger partial charge in [-0.15, -0.1) is 0 Å². The fraction of sp³-hybridized carbons (Fsp3) is 0.412. The highest BCUT2D eigenvalue weighted by molar-refractivity contribution is 5.94. The van der Waals surface area contributed by atoms with Crippen LogP contribution in [0.3, 0.4) is 0 Å². The van der Waals surface area contributed by atoms with Crippen molar-refractivity contribution in [3.05, 3.63) is 40.2 Å². The van der Waals surface area contributed by atoms with E-state index >= 15 is 0 Å². The Hall–Kier alpha value is -2.18. The first kappa shape index (κ1) is 15.7. The number of nitrogens with one attached hydrogen (secondary N) is 1. The van der Waals surface area contributed by atoms with Gasteiger partial charge in [-0.25, -0.2) is 4.79 Å². The van der Waals surface area contributed by atoms with Gasteiger partial charge in [0.1, 0.15) is 5.58 Å². The fourth-order valence-corrected chi connectivity index (χ4v) is 2.81. The molecule has 6 nitrogen and oxygen atoms in total. The predicted molar refractivity (Wildman–Crippen MR) is 89.8 cm³/mol. The summed E-state index contributed by atoms with van der Waals surface area (Å²) in [7, 11) is 2.09. The summed E-state index contributed by atoms with van der Waals surface area (Å²) >= 11 is 0. The van der Waals surface area contributed by atoms with Crippen LogP contribution in [0.4, 0.5) is 5.69 Å². The summed E-state index contributed by atoms with van der Waals surface area (Å²) in [6.45, 7) is 6.00. The molecular weight excluding hydrogens is 294 g/mol. The number of fused-ring (bicyclic) bond motifs is 1. The smallest absolute Gasteiger partial charge is 0.336 e. The van der Waals surface area contributed by atoms with Gasteiger partial charge < -0.3 is 14.6 Å². The Morgan fingerprint density at radius 2 is 1.96 bits per heavy atom. The number of aryl methyl sites for hydroxylation is 1. The van der Waals surface area contributed by atoms with E-state index < -0.39 is 0 Å². The molecule has 1 aliphatic rings. The van der Waals surface area contributed by atoms with Crippen LogP contribution < -0.4 is 10.9 Å². The molecule has 2 heterocycles. The van der Waals surface area contributed by atoms with Crippen LogP contribution in [0.1, 0.15) is 5.56 Å². The molecule has 1 fully saturated rings. The van der Waals surface area contributed by atoms with Crippen LogP contribution >= 0.6 is 0 Å². The number of rotatable bonds is 3. The Labute approximate surface area is 134 Å². The number of anilines is 1. The second-order valence-corrected chi connectivity index (χ2v) is 6.09. The molecule has 1 amide bonds. The van der Waals surface area contributed by atoms with Gasteiger partial charge in [-0.2, -0.15) is 0 Å². The van der Waals surface area contributed by atoms with E-state index in [4.69, 9.17) is 4.42 Å². The second-order valence-electron chi connectivity index (χ2n) is 6.09. The lowest BCUT2D eigenvalue weighted by Crippen LogP contribution is -2.47. The first-order valence-corrected chi connectivity index (χ1v) is 7.76. The molecule has 1 aliphatic heterocycles. The maximum atomic E-state index is 12.2. The molecule has 1 aromatic carbocycles. The average Bonchev–Trinajstić information content (AvgIpc) is 2.49. The van der Waals surface area contributed by atoms with Gasteiger partial charge in [0, 0.05) is 49.4 Å². The van der Waals surface area contributed by atoms with Crippen molar-refractivity contribution < 1.29 is 9.21 Å². The molecule has 6 heteroatoms. The molecular formula is C17H21N3O3. The number of benzene rings is 1. The van der Waals surface area contributed by atoms with Crippen molar-refractivity contribution in [2.45, 2.75) is 6.92 Å². The molecule has 0 atom stereocenters. The summed E-state index contributed by atoms with van der Waals surface area (Å²) in [5.74, 6) is -0.0519. The summed E-state index contributed by atoms with van der Waals surface area (Å²) in [4.78, 5) is 28.0. The van der Waals surface area contributed by atoms with Gasteiger partial charge in [0.25, 0.3) is 0 Å². The Balaban J connectivity index is 1.69. The molecule has 0 aliphatic carbocycles. The van der Waals surface area contributed by atoms with Crippen LogP contribution in [0, 0.1) is 6.92 Å². The van der Waals surface area contributed by atoms with Gasteiger partial charge in [-0.1, -0.05) is 0 Å². The number of likely N-dealkylation sites (N-methyl/N-ethyl adjacent to an activating group) is 1. The second kappa shape index (κ2) is 6.52. The first-order valence-electron chi connectivity index (χ1n) is 7.76. The maximum absolute atomic E-state index is 12.2. The minimum Gasteiger partial charge on any atom is -0.423 e. The Kier molecular flexibility index (Phi) is 4.45. The Morgan fingerprint density at radius 1 is 1.22 bits per heavy atom. The number of amides is 1. The average molecular weight is 315 g/mol. The van der Waals surface area contributed by atoms with E-state index in [9.17, 15) is 9.59 Å². The van der Waals surface area contributed by atoms with Crippen molar-refractivity contribution in [1.29, 1.82) is 0 Å². The SMILES string of the molecule is Cc1cc(=O)oc2cc(NC(=O)CN3CCN(C)CC3)ccc12. The summed E-state index contributed by atoms with van der Waals surface area (Å²) in [6, 6.07) is 6.86. The van der Waals surface area contributed by atoms with Crippen molar-refractivity contribution in [1.82, 2.24) is 9.80 Å². The zero-order valence-electron chi connectivity index (χ0n) is 13.5. The lowest BCUT2D eigenvalue weighted by molar-refractivity contribution is -0.117. The lowest BCUT2D eigenvalue weighted by atomic mass is 10.1. The monoisotopic (exact) mass is 315 g/mol. The van der Waals surface area contributed by atoms with Crippen LogP contribution in [0.25, 0.3) is 11.0 Å². The van der Waals surface area contributed by atoms with Gasteiger partial charge in [-0.3, -0.25) is 9.69 Å². The molecule has 0 spiro atoms. The number of carbonyl (C=O) groups excluding carboxylic acids is 1. The highest BCUT2D eigenvalue weighted by Gasteiger charge is 2.16. The summed E-state index contributed by atoms with van der Waals surface area (Å²) in [6.07, 6.45) is 0. The molecule has 1 saturated heterocycles. The number of hydrogen-bond acceptors (Lipinski definition) is 5. The quantitative estimate of drug-likeness (QED) is 0.865. The predicted octanol–water partition coefficient (Wildman–Crippen LogP) is 1.29. The van der Waals surface area contributed by atoms with E-state index in [0.717, 1.165) is 37.1 Å². The van der Waals surface area contributed by atoms with Gasteiger partial charge in [-0.05, 0) is 31.7 Å². The van der Waals surface area contributed by atoms with E-state index in [1.807, 2.05) is 19.1 Å². The lowest BCUT2D eigenvalue weighted by Gasteiger charge is -2.31. The molecule has 122 valence electrons. The van der Waals surface area contributed by atoms with Crippen molar-refractivity contribution in [2.75, 3.05) is 45.1 Å². The van der Waals surface area contributed by atoms with Crippen molar-refractivity contribution in [3.8, 4) is 0 Å². The maximum Gasteiger partial charge on any atom is 0.336 e. The van der Waals surface area contributed by atoms with Gasteiger partial charge in [0.15, 0.2) is 0 Å². The molecule has 1 aromatic heterocycles. The number of hydrogen-bond donors (Lipinski definition) is 1. The Morgan fingerprint density at radius 3 is 2.70 bits per heavy atom. The van der Waals surface area contributed by atoms with Crippen LogP contribution in [-0.4, -0.2) is 55.5 Å². The highest BCUT2D eigenvalue weighted by atomic mass is 16.4. The molecule has 2 aromatic rings. The van der Waals surface area contributed by atoms with Gasteiger partial charge in [0.05, 0.1) is 6.54 Å². The van der Waals surface area contributed by atoms with Crippen LogP contribution in [0.15, 0.2) is 33.5 Å². The summed E-state index contributed by atoms with van der Waals surface area (Å²) in [5.41, 5.74) is 1.63. The van der Waals surface area contributed by atoms with E-state index in [-0.39, 0.29) is 11.5 Å². The topological polar surface area (TPSA) is 65.8 Å². The van der Waals surface area contributed by atoms with Gasteiger partial charge in [0.2, 0.25) is 5.91 Å². The number of piperazine rings is 1. The molecule has 3 rings (SSSR count). The van der Waals surface area contributed by atoms with E-state index in [2.05, 4.69) is 22.2 Å². The summed E-state index contributed by atoms with van der Waals surface area (Å²) in [5, 5.41) is 3.75. The number of nitrogens with zero attached hydrogens (tertiary/aromatic N) is 2. The molecule has 0 bridgehead atoms. The normalized spacial score (nSPS) is 16.6. The van der Waals surface area contributed by atoms with E-state index in [1.54, 1.807) is 6.07 Å². The molecule has 1 N–H and O–H groups in total. The Bertz CT molecular complexity index is 776. The van der Waals surface area contributed by atoms with Crippen molar-refractivity contribution in [2.24, 2.45) is 0 Å². The minimum absolute atomic E-state index is 0.0519. The number of carbonyl (C=O) groups is 1. The molecule has 0 unspecified atom stereocenters. The third kappa shape index (κ3) is 3.78. The third-order valence-electron chi connectivity index (χ3n) is 4.20. The highest BCUT2D eigenvalue weighted by Crippen LogP contribution is 2.20. The molecule has 0 saturated carbocycles. The zero-order chi connectivity index (χ0) is 16.4. The van der Waals surface area contributed by atoms with E-state index in [0.29, 0.717) is 17.8 Å². The fourth-order valence-electron chi connectivity index (χ4n) is 2.81. The first-order chi connectivity index (χ1) is 11.0. The third-order valence-corrected chi connectivity index (χ3v) is 4.20. The van der Waals surface area contributed by atoms with Crippen molar-refractivity contribution in [3.63, 3.8) is 0 Å². The van der Waals surface area contributed by atoms with Crippen LogP contribution in [-0.2, 0) is 4.79 Å². The largest absolute Gasteiger partial charge is 0.423 e.